The van der Waals surface area contributed by atoms with Crippen LogP contribution in [0.3, 0.4) is 0 Å². The fourth-order valence-electron chi connectivity index (χ4n) is 1.47. The van der Waals surface area contributed by atoms with Gasteiger partial charge in [-0.15, -0.1) is 0 Å². The summed E-state index contributed by atoms with van der Waals surface area (Å²) in [6, 6.07) is 2.27. The average Bonchev–Trinajstić information content (AvgIpc) is 2.28. The SMILES string of the molecule is N[C@@H](Cc1ccc(Cl)c(CCO)c1Cl)C(=O)O. The molecule has 1 rings (SSSR count). The van der Waals surface area contributed by atoms with Crippen molar-refractivity contribution >= 4 is 29.2 Å². The van der Waals surface area contributed by atoms with E-state index in [4.69, 9.17) is 39.1 Å². The summed E-state index contributed by atoms with van der Waals surface area (Å²) in [6.45, 7) is -0.0755. The molecule has 0 heterocycles. The van der Waals surface area contributed by atoms with E-state index in [-0.39, 0.29) is 13.0 Å². The lowest BCUT2D eigenvalue weighted by Gasteiger charge is -2.12. The third kappa shape index (κ3) is 3.57. The molecule has 0 aliphatic heterocycles. The fraction of sp³-hybridized carbons (Fsp3) is 0.364. The maximum absolute atomic E-state index is 10.7. The number of nitrogens with two attached hydrogens (primary N) is 1. The van der Waals surface area contributed by atoms with E-state index in [2.05, 4.69) is 0 Å². The minimum absolute atomic E-state index is 0.0755. The monoisotopic (exact) mass is 277 g/mol. The number of aliphatic hydroxyl groups excluding tert-OH is 1. The van der Waals surface area contributed by atoms with E-state index in [1.54, 1.807) is 12.1 Å². The summed E-state index contributed by atoms with van der Waals surface area (Å²) in [5.74, 6) is -1.08. The van der Waals surface area contributed by atoms with Crippen molar-refractivity contribution in [3.8, 4) is 0 Å². The van der Waals surface area contributed by atoms with Crippen LogP contribution in [-0.2, 0) is 17.6 Å². The Morgan fingerprint density at radius 2 is 2.06 bits per heavy atom. The van der Waals surface area contributed by atoms with Crippen LogP contribution >= 0.6 is 23.2 Å². The number of rotatable bonds is 5. The van der Waals surface area contributed by atoms with Crippen LogP contribution in [0.4, 0.5) is 0 Å². The van der Waals surface area contributed by atoms with E-state index in [0.29, 0.717) is 27.6 Å². The Bertz CT molecular complexity index is 423. The van der Waals surface area contributed by atoms with Gasteiger partial charge in [-0.2, -0.15) is 0 Å². The minimum atomic E-state index is -1.08. The van der Waals surface area contributed by atoms with Crippen molar-refractivity contribution in [1.82, 2.24) is 0 Å². The van der Waals surface area contributed by atoms with Crippen molar-refractivity contribution in [1.29, 1.82) is 0 Å². The molecule has 4 nitrogen and oxygen atoms in total. The van der Waals surface area contributed by atoms with Crippen molar-refractivity contribution < 1.29 is 15.0 Å². The number of carboxylic acid groups (broad SMARTS) is 1. The largest absolute Gasteiger partial charge is 0.480 e. The summed E-state index contributed by atoms with van der Waals surface area (Å²) in [5.41, 5.74) is 6.68. The van der Waals surface area contributed by atoms with E-state index in [0.717, 1.165) is 0 Å². The molecule has 0 saturated carbocycles. The zero-order chi connectivity index (χ0) is 13.0. The number of carbonyl (C=O) groups is 1. The van der Waals surface area contributed by atoms with Gasteiger partial charge >= 0.3 is 5.97 Å². The number of aliphatic hydroxyl groups is 1. The Balaban J connectivity index is 3.01. The second-order valence-corrected chi connectivity index (χ2v) is 4.41. The van der Waals surface area contributed by atoms with Crippen molar-refractivity contribution in [3.05, 3.63) is 33.3 Å². The number of aliphatic carboxylic acids is 1. The van der Waals surface area contributed by atoms with Gasteiger partial charge in [-0.1, -0.05) is 29.3 Å². The molecule has 1 aromatic rings. The zero-order valence-corrected chi connectivity index (χ0v) is 10.5. The molecule has 0 amide bonds. The maximum Gasteiger partial charge on any atom is 0.320 e. The lowest BCUT2D eigenvalue weighted by molar-refractivity contribution is -0.138. The lowest BCUT2D eigenvalue weighted by Crippen LogP contribution is -2.32. The molecule has 0 unspecified atom stereocenters. The first kappa shape index (κ1) is 14.3. The summed E-state index contributed by atoms with van der Waals surface area (Å²) in [6.07, 6.45) is 0.456. The highest BCUT2D eigenvalue weighted by atomic mass is 35.5. The topological polar surface area (TPSA) is 83.5 Å². The van der Waals surface area contributed by atoms with Gasteiger partial charge in [0, 0.05) is 16.7 Å². The summed E-state index contributed by atoms with van der Waals surface area (Å²) in [4.78, 5) is 10.7. The Kier molecular flexibility index (Phi) is 5.21. The molecule has 0 aliphatic carbocycles. The Hall–Kier alpha value is -0.810. The number of halogens is 2. The number of hydrogen-bond donors (Lipinski definition) is 3. The van der Waals surface area contributed by atoms with Crippen molar-refractivity contribution in [2.45, 2.75) is 18.9 Å². The maximum atomic E-state index is 10.7. The van der Waals surface area contributed by atoms with E-state index >= 15 is 0 Å². The number of carboxylic acids is 1. The highest BCUT2D eigenvalue weighted by molar-refractivity contribution is 6.36. The van der Waals surface area contributed by atoms with Gasteiger partial charge in [0.2, 0.25) is 0 Å². The molecular weight excluding hydrogens is 265 g/mol. The van der Waals surface area contributed by atoms with Crippen molar-refractivity contribution in [3.63, 3.8) is 0 Å². The smallest absolute Gasteiger partial charge is 0.320 e. The number of benzene rings is 1. The van der Waals surface area contributed by atoms with Crippen LogP contribution in [0, 0.1) is 0 Å². The first-order valence-corrected chi connectivity index (χ1v) is 5.78. The molecule has 1 aromatic carbocycles. The van der Waals surface area contributed by atoms with Crippen LogP contribution in [0.2, 0.25) is 10.0 Å². The quantitative estimate of drug-likeness (QED) is 0.761. The van der Waals surface area contributed by atoms with Crippen LogP contribution in [0.5, 0.6) is 0 Å². The molecule has 1 atom stereocenters. The van der Waals surface area contributed by atoms with Crippen LogP contribution < -0.4 is 5.73 Å². The fourth-order valence-corrected chi connectivity index (χ4v) is 2.11. The van der Waals surface area contributed by atoms with Gasteiger partial charge in [0.1, 0.15) is 6.04 Å². The third-order valence-corrected chi connectivity index (χ3v) is 3.21. The Morgan fingerprint density at radius 1 is 1.41 bits per heavy atom. The highest BCUT2D eigenvalue weighted by Crippen LogP contribution is 2.29. The van der Waals surface area contributed by atoms with E-state index in [9.17, 15) is 4.79 Å². The van der Waals surface area contributed by atoms with Crippen LogP contribution in [0.25, 0.3) is 0 Å². The third-order valence-electron chi connectivity index (χ3n) is 2.38. The molecule has 6 heteroatoms. The van der Waals surface area contributed by atoms with Gasteiger partial charge in [-0.25, -0.2) is 0 Å². The van der Waals surface area contributed by atoms with Crippen molar-refractivity contribution in [2.75, 3.05) is 6.61 Å². The van der Waals surface area contributed by atoms with Gasteiger partial charge < -0.3 is 15.9 Å². The van der Waals surface area contributed by atoms with Gasteiger partial charge in [-0.3, -0.25) is 4.79 Å². The molecule has 4 N–H and O–H groups in total. The van der Waals surface area contributed by atoms with Gasteiger partial charge in [0.15, 0.2) is 0 Å². The molecule has 17 heavy (non-hydrogen) atoms. The van der Waals surface area contributed by atoms with E-state index in [1.165, 1.54) is 0 Å². The van der Waals surface area contributed by atoms with E-state index < -0.39 is 12.0 Å². The standard InChI is InChI=1S/C11H13Cl2NO3/c12-8-2-1-6(5-9(14)11(16)17)10(13)7(8)3-4-15/h1-2,9,15H,3-5,14H2,(H,16,17)/t9-/m0/s1. The summed E-state index contributed by atoms with van der Waals surface area (Å²) in [5, 5.41) is 18.5. The lowest BCUT2D eigenvalue weighted by atomic mass is 10.0. The highest BCUT2D eigenvalue weighted by Gasteiger charge is 2.16. The second kappa shape index (κ2) is 6.21. The molecule has 0 aromatic heterocycles. The van der Waals surface area contributed by atoms with Crippen LogP contribution in [0.15, 0.2) is 12.1 Å². The molecule has 0 aliphatic rings. The van der Waals surface area contributed by atoms with Gasteiger partial charge in [-0.05, 0) is 30.0 Å². The summed E-state index contributed by atoms with van der Waals surface area (Å²) < 4.78 is 0. The first-order valence-electron chi connectivity index (χ1n) is 5.02. The predicted octanol–water partition coefficient (Wildman–Crippen LogP) is 1.48. The molecule has 0 saturated heterocycles. The van der Waals surface area contributed by atoms with Crippen LogP contribution in [0.1, 0.15) is 11.1 Å². The zero-order valence-electron chi connectivity index (χ0n) is 8.99. The van der Waals surface area contributed by atoms with E-state index in [1.807, 2.05) is 0 Å². The predicted molar refractivity (Wildman–Crippen MR) is 66.6 cm³/mol. The molecule has 0 bridgehead atoms. The molecular formula is C11H13Cl2NO3. The molecule has 0 spiro atoms. The second-order valence-electron chi connectivity index (χ2n) is 3.62. The first-order chi connectivity index (χ1) is 7.97. The Morgan fingerprint density at radius 3 is 2.59 bits per heavy atom. The minimum Gasteiger partial charge on any atom is -0.480 e. The Labute approximate surface area is 109 Å². The molecule has 94 valence electrons. The summed E-state index contributed by atoms with van der Waals surface area (Å²) >= 11 is 12.0. The van der Waals surface area contributed by atoms with Crippen LogP contribution in [-0.4, -0.2) is 28.8 Å². The number of hydrogen-bond acceptors (Lipinski definition) is 3. The molecule has 0 radical (unpaired) electrons. The normalized spacial score (nSPS) is 12.5. The average molecular weight is 278 g/mol. The van der Waals surface area contributed by atoms with Crippen molar-refractivity contribution in [2.24, 2.45) is 5.73 Å². The molecule has 0 fully saturated rings. The summed E-state index contributed by atoms with van der Waals surface area (Å²) in [7, 11) is 0. The van der Waals surface area contributed by atoms with Gasteiger partial charge in [0.25, 0.3) is 0 Å². The van der Waals surface area contributed by atoms with Gasteiger partial charge in [0.05, 0.1) is 0 Å².